The minimum atomic E-state index is -2.98. The molecule has 0 aromatic heterocycles. The highest BCUT2D eigenvalue weighted by atomic mass is 127. The van der Waals surface area contributed by atoms with E-state index in [1.165, 1.54) is 12.3 Å². The molecule has 1 aliphatic heterocycles. The van der Waals surface area contributed by atoms with E-state index < -0.39 is 9.84 Å². The zero-order chi connectivity index (χ0) is 22.4. The highest BCUT2D eigenvalue weighted by Gasteiger charge is 2.23. The number of guanidine groups is 1. The van der Waals surface area contributed by atoms with Gasteiger partial charge < -0.3 is 15.5 Å². The number of halogens is 2. The fourth-order valence-corrected chi connectivity index (χ4v) is 4.56. The van der Waals surface area contributed by atoms with Gasteiger partial charge in [0.05, 0.1) is 5.75 Å². The van der Waals surface area contributed by atoms with Crippen LogP contribution in [0.5, 0.6) is 0 Å². The zero-order valence-corrected chi connectivity index (χ0v) is 22.5. The van der Waals surface area contributed by atoms with E-state index in [9.17, 15) is 12.8 Å². The average molecular weight is 569 g/mol. The molecule has 0 amide bonds. The van der Waals surface area contributed by atoms with E-state index in [-0.39, 0.29) is 47.0 Å². The molecule has 1 saturated heterocycles. The van der Waals surface area contributed by atoms with Gasteiger partial charge in [-0.15, -0.1) is 24.0 Å². The molecule has 0 radical (unpaired) electrons. The first kappa shape index (κ1) is 27.9. The number of aryl methyl sites for hydroxylation is 1. The number of hydrogen-bond acceptors (Lipinski definition) is 4. The van der Waals surface area contributed by atoms with Crippen LogP contribution in [0.4, 0.5) is 10.1 Å². The van der Waals surface area contributed by atoms with Gasteiger partial charge in [-0.05, 0) is 62.3 Å². The van der Waals surface area contributed by atoms with Gasteiger partial charge in [0.25, 0.3) is 0 Å². The van der Waals surface area contributed by atoms with Crippen LogP contribution in [0.25, 0.3) is 0 Å². The maximum atomic E-state index is 13.5. The van der Waals surface area contributed by atoms with E-state index in [0.717, 1.165) is 49.7 Å². The van der Waals surface area contributed by atoms with Crippen LogP contribution in [0.3, 0.4) is 0 Å². The molecule has 1 fully saturated rings. The van der Waals surface area contributed by atoms with Gasteiger partial charge >= 0.3 is 0 Å². The number of sulfone groups is 1. The smallest absolute Gasteiger partial charge is 0.191 e. The summed E-state index contributed by atoms with van der Waals surface area (Å²) in [4.78, 5) is 7.04. The Morgan fingerprint density at radius 1 is 1.35 bits per heavy atom. The predicted molar refractivity (Wildman–Crippen MR) is 139 cm³/mol. The molecule has 2 N–H and O–H groups in total. The topological polar surface area (TPSA) is 73.8 Å². The van der Waals surface area contributed by atoms with Gasteiger partial charge in [0.15, 0.2) is 5.96 Å². The Morgan fingerprint density at radius 2 is 2.06 bits per heavy atom. The minimum Gasteiger partial charge on any atom is -0.369 e. The summed E-state index contributed by atoms with van der Waals surface area (Å²) in [6, 6.07) is 5.19. The van der Waals surface area contributed by atoms with Crippen LogP contribution in [0, 0.1) is 18.2 Å². The molecular formula is C22H38FIN4O2S. The molecule has 0 bridgehead atoms. The van der Waals surface area contributed by atoms with Gasteiger partial charge in [-0.25, -0.2) is 12.8 Å². The van der Waals surface area contributed by atoms with Crippen LogP contribution in [0.15, 0.2) is 23.2 Å². The highest BCUT2D eigenvalue weighted by molar-refractivity contribution is 14.0. The van der Waals surface area contributed by atoms with E-state index in [1.807, 2.05) is 33.8 Å². The minimum absolute atomic E-state index is 0. The zero-order valence-electron chi connectivity index (χ0n) is 19.4. The Labute approximate surface area is 204 Å². The molecule has 1 aliphatic rings. The van der Waals surface area contributed by atoms with Gasteiger partial charge in [-0.1, -0.05) is 13.8 Å². The molecule has 178 valence electrons. The van der Waals surface area contributed by atoms with Crippen molar-refractivity contribution in [2.24, 2.45) is 10.4 Å². The average Bonchev–Trinajstić information content (AvgIpc) is 2.65. The maximum absolute atomic E-state index is 13.5. The summed E-state index contributed by atoms with van der Waals surface area (Å²) in [6.07, 6.45) is 3.94. The number of piperidine rings is 1. The van der Waals surface area contributed by atoms with Crippen molar-refractivity contribution in [1.29, 1.82) is 0 Å². The van der Waals surface area contributed by atoms with E-state index in [0.29, 0.717) is 13.0 Å². The number of rotatable bonds is 8. The van der Waals surface area contributed by atoms with Crippen LogP contribution in [-0.2, 0) is 9.84 Å². The number of benzene rings is 1. The fourth-order valence-electron chi connectivity index (χ4n) is 3.63. The van der Waals surface area contributed by atoms with E-state index in [2.05, 4.69) is 15.5 Å². The first-order valence-electron chi connectivity index (χ1n) is 10.7. The third kappa shape index (κ3) is 9.93. The fraction of sp³-hybridized carbons (Fsp3) is 0.682. The summed E-state index contributed by atoms with van der Waals surface area (Å²) in [5.74, 6) is 0.726. The second kappa shape index (κ2) is 12.2. The summed E-state index contributed by atoms with van der Waals surface area (Å²) >= 11 is 0. The van der Waals surface area contributed by atoms with Gasteiger partial charge in [0, 0.05) is 44.2 Å². The van der Waals surface area contributed by atoms with Crippen LogP contribution >= 0.6 is 24.0 Å². The molecule has 1 atom stereocenters. The van der Waals surface area contributed by atoms with E-state index in [4.69, 9.17) is 4.99 Å². The summed E-state index contributed by atoms with van der Waals surface area (Å²) < 4.78 is 36.4. The molecule has 1 heterocycles. The van der Waals surface area contributed by atoms with Crippen molar-refractivity contribution in [3.63, 3.8) is 0 Å². The second-order valence-electron chi connectivity index (χ2n) is 9.10. The van der Waals surface area contributed by atoms with Crippen molar-refractivity contribution in [1.82, 2.24) is 10.6 Å². The Balaban J connectivity index is 0.00000480. The van der Waals surface area contributed by atoms with Crippen molar-refractivity contribution < 1.29 is 12.8 Å². The molecule has 1 unspecified atom stereocenters. The third-order valence-corrected chi connectivity index (χ3v) is 6.37. The number of nitrogens with one attached hydrogen (secondary N) is 2. The van der Waals surface area contributed by atoms with Crippen LogP contribution in [0.2, 0.25) is 0 Å². The molecule has 1 aromatic rings. The molecule has 0 spiro atoms. The largest absolute Gasteiger partial charge is 0.369 e. The second-order valence-corrected chi connectivity index (χ2v) is 11.4. The Bertz CT molecular complexity index is 846. The quantitative estimate of drug-likeness (QED) is 0.284. The summed E-state index contributed by atoms with van der Waals surface area (Å²) in [5, 5.41) is 6.84. The van der Waals surface area contributed by atoms with Crippen molar-refractivity contribution in [3.8, 4) is 0 Å². The van der Waals surface area contributed by atoms with Crippen molar-refractivity contribution in [3.05, 3.63) is 29.6 Å². The van der Waals surface area contributed by atoms with Crippen molar-refractivity contribution in [2.75, 3.05) is 43.1 Å². The lowest BCUT2D eigenvalue weighted by atomic mass is 9.90. The van der Waals surface area contributed by atoms with Crippen LogP contribution in [0.1, 0.15) is 45.6 Å². The first-order valence-corrected chi connectivity index (χ1v) is 12.8. The molecule has 31 heavy (non-hydrogen) atoms. The SMILES string of the molecule is CCNC(=NCC(C)(C)CCS(C)(=O)=O)NC1CCCN(c2ccc(F)cc2C)C1.I. The molecule has 9 heteroatoms. The summed E-state index contributed by atoms with van der Waals surface area (Å²) in [5.41, 5.74) is 1.82. The Kier molecular flexibility index (Phi) is 11.0. The number of aliphatic imine (C=N–C) groups is 1. The molecule has 1 aromatic carbocycles. The van der Waals surface area contributed by atoms with Crippen molar-refractivity contribution >= 4 is 45.5 Å². The Morgan fingerprint density at radius 3 is 2.68 bits per heavy atom. The lowest BCUT2D eigenvalue weighted by Crippen LogP contribution is -2.51. The van der Waals surface area contributed by atoms with Gasteiger partial charge in [-0.2, -0.15) is 0 Å². The number of hydrogen-bond donors (Lipinski definition) is 2. The molecule has 0 aliphatic carbocycles. The third-order valence-electron chi connectivity index (χ3n) is 5.42. The predicted octanol–water partition coefficient (Wildman–Crippen LogP) is 3.74. The molecule has 2 rings (SSSR count). The molecule has 6 nitrogen and oxygen atoms in total. The molecule has 0 saturated carbocycles. The van der Waals surface area contributed by atoms with Crippen LogP contribution < -0.4 is 15.5 Å². The van der Waals surface area contributed by atoms with Gasteiger partial charge in [0.1, 0.15) is 15.7 Å². The van der Waals surface area contributed by atoms with Crippen molar-refractivity contribution in [2.45, 2.75) is 53.0 Å². The highest BCUT2D eigenvalue weighted by Crippen LogP contribution is 2.25. The number of nitrogens with zero attached hydrogens (tertiary/aromatic N) is 2. The first-order chi connectivity index (χ1) is 14.0. The van der Waals surface area contributed by atoms with Gasteiger partial charge in [0.2, 0.25) is 0 Å². The van der Waals surface area contributed by atoms with E-state index >= 15 is 0 Å². The van der Waals surface area contributed by atoms with Gasteiger partial charge in [-0.3, -0.25) is 4.99 Å². The van der Waals surface area contributed by atoms with E-state index in [1.54, 1.807) is 6.07 Å². The monoisotopic (exact) mass is 568 g/mol. The number of anilines is 1. The lowest BCUT2D eigenvalue weighted by molar-refractivity contribution is 0.364. The lowest BCUT2D eigenvalue weighted by Gasteiger charge is -2.36. The summed E-state index contributed by atoms with van der Waals surface area (Å²) in [6.45, 7) is 11.1. The Hall–Kier alpha value is -1.10. The maximum Gasteiger partial charge on any atom is 0.191 e. The normalized spacial score (nSPS) is 17.8. The standard InChI is InChI=1S/C22H37FN4O2S.HI/c1-6-24-21(25-16-22(3,4)11-13-30(5,28)29)26-19-8-7-12-27(15-19)20-10-9-18(23)14-17(20)2;/h9-10,14,19H,6-8,11-13,15-16H2,1-5H3,(H2,24,25,26);1H. The van der Waals surface area contributed by atoms with Crippen LogP contribution in [-0.4, -0.2) is 58.6 Å². The summed E-state index contributed by atoms with van der Waals surface area (Å²) in [7, 11) is -2.98. The molecular weight excluding hydrogens is 530 g/mol.